The van der Waals surface area contributed by atoms with Gasteiger partial charge in [-0.15, -0.1) is 0 Å². The molecule has 33 heavy (non-hydrogen) atoms. The maximum Gasteiger partial charge on any atom is 0.277 e. The van der Waals surface area contributed by atoms with Crippen LogP contribution in [0, 0.1) is 0 Å². The fourth-order valence-electron chi connectivity index (χ4n) is 4.96. The van der Waals surface area contributed by atoms with Gasteiger partial charge in [0.05, 0.1) is 6.61 Å². The standard InChI is InChI=1S/C25H23N3O5/c29-18-10-12-27-23(24(18)30)25(31)26-11-3-4-13-32-20-9-5-6-16-14-33-19-8-2-1-7-17(19)22(21(16)20)28(27)15-26/h1-2,5-10,12,22,30H,3-4,11,13-15H2/t22-/m0/s1. The Bertz CT molecular complexity index is 1320. The van der Waals surface area contributed by atoms with E-state index in [-0.39, 0.29) is 17.6 Å². The Morgan fingerprint density at radius 3 is 2.70 bits per heavy atom. The zero-order valence-corrected chi connectivity index (χ0v) is 17.9. The van der Waals surface area contributed by atoms with Crippen molar-refractivity contribution < 1.29 is 19.4 Å². The summed E-state index contributed by atoms with van der Waals surface area (Å²) in [4.78, 5) is 27.3. The van der Waals surface area contributed by atoms with E-state index in [4.69, 9.17) is 9.47 Å². The molecule has 1 aromatic heterocycles. The van der Waals surface area contributed by atoms with E-state index in [1.165, 1.54) is 6.07 Å². The summed E-state index contributed by atoms with van der Waals surface area (Å²) in [6, 6.07) is 14.7. The summed E-state index contributed by atoms with van der Waals surface area (Å²) in [5, 5.41) is 12.6. The van der Waals surface area contributed by atoms with Gasteiger partial charge in [-0.3, -0.25) is 19.3 Å². The van der Waals surface area contributed by atoms with E-state index in [1.807, 2.05) is 47.5 Å². The SMILES string of the molecule is O=C1c2c(O)c(=O)ccn2N2CN1CCCCOc1cccc3c1[C@@H]2c1ccccc1OC3. The van der Waals surface area contributed by atoms with Gasteiger partial charge in [-0.05, 0) is 30.5 Å². The molecule has 0 saturated heterocycles. The van der Waals surface area contributed by atoms with Gasteiger partial charge in [0.15, 0.2) is 11.4 Å². The number of benzene rings is 2. The Labute approximate surface area is 190 Å². The van der Waals surface area contributed by atoms with Gasteiger partial charge in [0.2, 0.25) is 5.43 Å². The Morgan fingerprint density at radius 1 is 0.939 bits per heavy atom. The van der Waals surface area contributed by atoms with E-state index in [0.29, 0.717) is 26.4 Å². The topological polar surface area (TPSA) is 84.2 Å². The van der Waals surface area contributed by atoms with Crippen molar-refractivity contribution in [3.05, 3.63) is 87.3 Å². The molecule has 3 aliphatic rings. The predicted molar refractivity (Wildman–Crippen MR) is 120 cm³/mol. The average molecular weight is 445 g/mol. The number of carbonyl (C=O) groups is 1. The zero-order chi connectivity index (χ0) is 22.5. The normalized spacial score (nSPS) is 19.2. The second-order valence-corrected chi connectivity index (χ2v) is 8.48. The van der Waals surface area contributed by atoms with Gasteiger partial charge < -0.3 is 19.5 Å². The van der Waals surface area contributed by atoms with Crippen LogP contribution in [0.1, 0.15) is 46.1 Å². The van der Waals surface area contributed by atoms with Crippen molar-refractivity contribution >= 4 is 5.91 Å². The molecule has 4 heterocycles. The lowest BCUT2D eigenvalue weighted by atomic mass is 9.93. The summed E-state index contributed by atoms with van der Waals surface area (Å²) >= 11 is 0. The summed E-state index contributed by atoms with van der Waals surface area (Å²) in [5.74, 6) is 0.632. The molecule has 1 atom stereocenters. The molecule has 0 spiro atoms. The number of rotatable bonds is 0. The molecular formula is C25H23N3O5. The molecule has 0 aliphatic carbocycles. The molecular weight excluding hydrogens is 422 g/mol. The first-order valence-corrected chi connectivity index (χ1v) is 11.1. The Balaban J connectivity index is 1.67. The highest BCUT2D eigenvalue weighted by Crippen LogP contribution is 2.44. The number of para-hydroxylation sites is 1. The second-order valence-electron chi connectivity index (χ2n) is 8.48. The fourth-order valence-corrected chi connectivity index (χ4v) is 4.96. The predicted octanol–water partition coefficient (Wildman–Crippen LogP) is 2.76. The van der Waals surface area contributed by atoms with Crippen LogP contribution in [0.4, 0.5) is 0 Å². The third-order valence-corrected chi connectivity index (χ3v) is 6.54. The quantitative estimate of drug-likeness (QED) is 0.573. The van der Waals surface area contributed by atoms with Crippen LogP contribution in [0.25, 0.3) is 0 Å². The highest BCUT2D eigenvalue weighted by Gasteiger charge is 2.40. The Morgan fingerprint density at radius 2 is 1.79 bits per heavy atom. The van der Waals surface area contributed by atoms with Gasteiger partial charge in [0, 0.05) is 29.9 Å². The molecule has 2 bridgehead atoms. The number of carbonyl (C=O) groups excluding carboxylic acids is 1. The molecule has 2 aromatic carbocycles. The molecule has 1 N–H and O–H groups in total. The van der Waals surface area contributed by atoms with Crippen molar-refractivity contribution in [2.75, 3.05) is 24.8 Å². The number of aromatic nitrogens is 1. The van der Waals surface area contributed by atoms with Gasteiger partial charge >= 0.3 is 0 Å². The summed E-state index contributed by atoms with van der Waals surface area (Å²) in [5.41, 5.74) is 2.28. The largest absolute Gasteiger partial charge is 0.502 e. The number of ether oxygens (including phenoxy) is 2. The lowest BCUT2D eigenvalue weighted by Gasteiger charge is -2.44. The molecule has 8 nitrogen and oxygen atoms in total. The van der Waals surface area contributed by atoms with Crippen molar-refractivity contribution in [3.63, 3.8) is 0 Å². The maximum absolute atomic E-state index is 13.3. The van der Waals surface area contributed by atoms with Crippen LogP contribution < -0.4 is 19.9 Å². The van der Waals surface area contributed by atoms with E-state index in [0.717, 1.165) is 41.0 Å². The van der Waals surface area contributed by atoms with E-state index in [1.54, 1.807) is 15.8 Å². The van der Waals surface area contributed by atoms with Crippen LogP contribution in [0.3, 0.4) is 0 Å². The first kappa shape index (κ1) is 19.7. The first-order valence-electron chi connectivity index (χ1n) is 11.1. The molecule has 8 heteroatoms. The Kier molecular flexibility index (Phi) is 4.53. The summed E-state index contributed by atoms with van der Waals surface area (Å²) in [7, 11) is 0. The highest BCUT2D eigenvalue weighted by molar-refractivity contribution is 5.96. The molecule has 0 unspecified atom stereocenters. The van der Waals surface area contributed by atoms with Crippen molar-refractivity contribution in [2.45, 2.75) is 25.5 Å². The summed E-state index contributed by atoms with van der Waals surface area (Å²) in [6.45, 7) is 1.71. The average Bonchev–Trinajstić information content (AvgIpc) is 3.01. The van der Waals surface area contributed by atoms with E-state index in [2.05, 4.69) is 0 Å². The maximum atomic E-state index is 13.3. The minimum Gasteiger partial charge on any atom is -0.502 e. The van der Waals surface area contributed by atoms with Crippen LogP contribution >= 0.6 is 0 Å². The van der Waals surface area contributed by atoms with E-state index >= 15 is 0 Å². The smallest absolute Gasteiger partial charge is 0.277 e. The van der Waals surface area contributed by atoms with Crippen molar-refractivity contribution in [2.24, 2.45) is 0 Å². The number of aromatic hydroxyl groups is 1. The summed E-state index contributed by atoms with van der Waals surface area (Å²) in [6.07, 6.45) is 3.08. The molecule has 3 aliphatic heterocycles. The zero-order valence-electron chi connectivity index (χ0n) is 17.9. The number of hydrogen-bond donors (Lipinski definition) is 1. The second kappa shape index (κ2) is 7.58. The minimum absolute atomic E-state index is 0.0180. The van der Waals surface area contributed by atoms with Gasteiger partial charge in [-0.1, -0.05) is 30.3 Å². The fraction of sp³-hybridized carbons (Fsp3) is 0.280. The number of amides is 1. The van der Waals surface area contributed by atoms with Gasteiger partial charge in [0.25, 0.3) is 5.91 Å². The van der Waals surface area contributed by atoms with Crippen molar-refractivity contribution in [1.82, 2.24) is 9.58 Å². The van der Waals surface area contributed by atoms with Crippen molar-refractivity contribution in [3.8, 4) is 17.2 Å². The molecule has 1 amide bonds. The number of fused-ring (bicyclic) bond motifs is 7. The lowest BCUT2D eigenvalue weighted by Crippen LogP contribution is -2.55. The molecule has 6 rings (SSSR count). The molecule has 3 aromatic rings. The van der Waals surface area contributed by atoms with E-state index in [9.17, 15) is 14.7 Å². The number of nitrogens with zero attached hydrogens (tertiary/aromatic N) is 3. The third kappa shape index (κ3) is 3.05. The molecule has 0 saturated carbocycles. The van der Waals surface area contributed by atoms with Gasteiger partial charge in [-0.25, -0.2) is 0 Å². The number of pyridine rings is 1. The summed E-state index contributed by atoms with van der Waals surface area (Å²) < 4.78 is 14.0. The van der Waals surface area contributed by atoms with Crippen LogP contribution in [0.2, 0.25) is 0 Å². The van der Waals surface area contributed by atoms with Crippen molar-refractivity contribution in [1.29, 1.82) is 0 Å². The monoisotopic (exact) mass is 445 g/mol. The van der Waals surface area contributed by atoms with E-state index < -0.39 is 11.2 Å². The highest BCUT2D eigenvalue weighted by atomic mass is 16.5. The van der Waals surface area contributed by atoms with Crippen LogP contribution in [0.5, 0.6) is 17.2 Å². The van der Waals surface area contributed by atoms with Crippen LogP contribution in [0.15, 0.2) is 59.5 Å². The van der Waals surface area contributed by atoms with Crippen LogP contribution in [-0.4, -0.2) is 40.4 Å². The first-order chi connectivity index (χ1) is 16.1. The van der Waals surface area contributed by atoms with Crippen LogP contribution in [-0.2, 0) is 6.61 Å². The van der Waals surface area contributed by atoms with Gasteiger partial charge in [-0.2, -0.15) is 0 Å². The minimum atomic E-state index is -0.574. The Hall–Kier alpha value is -3.94. The number of hydrogen-bond acceptors (Lipinski definition) is 6. The molecule has 168 valence electrons. The lowest BCUT2D eigenvalue weighted by molar-refractivity contribution is 0.0676. The molecule has 0 fully saturated rings. The van der Waals surface area contributed by atoms with Gasteiger partial charge in [0.1, 0.15) is 30.8 Å². The molecule has 0 radical (unpaired) electrons. The third-order valence-electron chi connectivity index (χ3n) is 6.54.